The van der Waals surface area contributed by atoms with Crippen LogP contribution in [0.1, 0.15) is 23.1 Å². The highest BCUT2D eigenvalue weighted by Crippen LogP contribution is 2.29. The molecule has 0 aliphatic rings. The molecule has 0 atom stereocenters. The smallest absolute Gasteiger partial charge is 0.358 e. The molecule has 0 aliphatic heterocycles. The van der Waals surface area contributed by atoms with Gasteiger partial charge in [0.2, 0.25) is 0 Å². The van der Waals surface area contributed by atoms with Gasteiger partial charge in [0.05, 0.1) is 28.7 Å². The minimum Gasteiger partial charge on any atom is -0.461 e. The average molecular weight is 503 g/mol. The Morgan fingerprint density at radius 3 is 1.86 bits per heavy atom. The Morgan fingerprint density at radius 2 is 1.37 bits per heavy atom. The number of carbonyl (C=O) groups excluding carboxylic acids is 1. The molecule has 0 amide bonds. The molecule has 0 saturated carbocycles. The van der Waals surface area contributed by atoms with Crippen LogP contribution in [0.4, 0.5) is 0 Å². The Balaban J connectivity index is 0.000000147. The summed E-state index contributed by atoms with van der Waals surface area (Å²) in [5.41, 5.74) is 3.41. The molecular formula is C26H22N4O3S2. The number of hydrogen-bond donors (Lipinski definition) is 1. The Hall–Kier alpha value is -3.79. The summed E-state index contributed by atoms with van der Waals surface area (Å²) in [7, 11) is 0. The number of ether oxygens (including phenoxy) is 1. The molecule has 4 aromatic heterocycles. The Kier molecular flexibility index (Phi) is 6.71. The van der Waals surface area contributed by atoms with Gasteiger partial charge in [0.1, 0.15) is 0 Å². The van der Waals surface area contributed by atoms with Crippen molar-refractivity contribution in [3.63, 3.8) is 0 Å². The number of fused-ring (bicyclic) bond motifs is 2. The molecule has 6 aromatic rings. The standard InChI is InChI=1S/C14H12N2O2S.C12H10N2OS/c1-2-18-13(17)11-8-16-9-12(19-14(16)15-11)10-6-4-3-5-7-10;15-8-10-6-14-7-11(16-12(14)13-10)9-4-2-1-3-5-9/h3-9H,2H2,1H3;1-7,15H,8H2. The van der Waals surface area contributed by atoms with Gasteiger partial charge in [-0.2, -0.15) is 0 Å². The molecule has 35 heavy (non-hydrogen) atoms. The highest BCUT2D eigenvalue weighted by molar-refractivity contribution is 7.20. The monoisotopic (exact) mass is 502 g/mol. The molecule has 0 fully saturated rings. The quantitative estimate of drug-likeness (QED) is 0.302. The Bertz CT molecular complexity index is 1500. The van der Waals surface area contributed by atoms with E-state index >= 15 is 0 Å². The van der Waals surface area contributed by atoms with E-state index in [0.717, 1.165) is 20.4 Å². The van der Waals surface area contributed by atoms with E-state index in [1.165, 1.54) is 10.4 Å². The van der Waals surface area contributed by atoms with Gasteiger partial charge < -0.3 is 9.84 Å². The van der Waals surface area contributed by atoms with Crippen molar-refractivity contribution in [2.45, 2.75) is 13.5 Å². The second kappa shape index (κ2) is 10.2. The van der Waals surface area contributed by atoms with Crippen LogP contribution in [0.2, 0.25) is 0 Å². The predicted molar refractivity (Wildman–Crippen MR) is 139 cm³/mol. The highest BCUT2D eigenvalue weighted by atomic mass is 32.1. The SMILES string of the molecule is CCOC(=O)c1cn2cc(-c3ccccc3)sc2n1.OCc1cn2cc(-c3ccccc3)sc2n1. The summed E-state index contributed by atoms with van der Waals surface area (Å²) in [5, 5.41) is 8.97. The van der Waals surface area contributed by atoms with Gasteiger partial charge >= 0.3 is 5.97 Å². The van der Waals surface area contributed by atoms with Crippen LogP contribution in [0.5, 0.6) is 0 Å². The number of benzene rings is 2. The second-order valence-corrected chi connectivity index (χ2v) is 9.56. The largest absolute Gasteiger partial charge is 0.461 e. The molecule has 0 radical (unpaired) electrons. The lowest BCUT2D eigenvalue weighted by Gasteiger charge is -1.96. The van der Waals surface area contributed by atoms with Gasteiger partial charge in [0.25, 0.3) is 0 Å². The van der Waals surface area contributed by atoms with Crippen molar-refractivity contribution in [1.29, 1.82) is 0 Å². The lowest BCUT2D eigenvalue weighted by atomic mass is 10.2. The van der Waals surface area contributed by atoms with Gasteiger partial charge in [-0.15, -0.1) is 0 Å². The highest BCUT2D eigenvalue weighted by Gasteiger charge is 2.14. The summed E-state index contributed by atoms with van der Waals surface area (Å²) in [6, 6.07) is 20.3. The number of imidazole rings is 2. The number of hydrogen-bond acceptors (Lipinski definition) is 7. The van der Waals surface area contributed by atoms with Gasteiger partial charge in [0, 0.05) is 24.8 Å². The molecule has 0 bridgehead atoms. The van der Waals surface area contributed by atoms with Crippen molar-refractivity contribution in [2.24, 2.45) is 0 Å². The fraction of sp³-hybridized carbons (Fsp3) is 0.115. The van der Waals surface area contributed by atoms with Crippen molar-refractivity contribution in [3.05, 3.63) is 96.8 Å². The van der Waals surface area contributed by atoms with Crippen LogP contribution in [0.15, 0.2) is 85.5 Å². The van der Waals surface area contributed by atoms with E-state index in [2.05, 4.69) is 34.2 Å². The number of esters is 1. The summed E-state index contributed by atoms with van der Waals surface area (Å²) in [6.45, 7) is 2.14. The molecule has 2 aromatic carbocycles. The lowest BCUT2D eigenvalue weighted by molar-refractivity contribution is 0.0520. The first-order valence-corrected chi connectivity index (χ1v) is 12.6. The van der Waals surface area contributed by atoms with Gasteiger partial charge in [-0.1, -0.05) is 83.3 Å². The number of aromatic nitrogens is 4. The first-order valence-electron chi connectivity index (χ1n) is 11.0. The topological polar surface area (TPSA) is 81.1 Å². The van der Waals surface area contributed by atoms with Crippen LogP contribution in [0, 0.1) is 0 Å². The third-order valence-corrected chi connectivity index (χ3v) is 7.22. The van der Waals surface area contributed by atoms with Crippen LogP contribution >= 0.6 is 22.7 Å². The maximum Gasteiger partial charge on any atom is 0.358 e. The third-order valence-electron chi connectivity index (χ3n) is 5.12. The molecule has 4 heterocycles. The molecular weight excluding hydrogens is 480 g/mol. The number of aliphatic hydroxyl groups excluding tert-OH is 1. The minimum atomic E-state index is -0.375. The number of thiazole rings is 2. The van der Waals surface area contributed by atoms with Gasteiger partial charge in [-0.25, -0.2) is 14.8 Å². The normalized spacial score (nSPS) is 10.9. The summed E-state index contributed by atoms with van der Waals surface area (Å²) >= 11 is 3.18. The van der Waals surface area contributed by atoms with Crippen molar-refractivity contribution >= 4 is 38.6 Å². The number of carbonyl (C=O) groups is 1. The minimum absolute atomic E-state index is 0.00489. The Morgan fingerprint density at radius 1 is 0.829 bits per heavy atom. The van der Waals surface area contributed by atoms with Gasteiger partial charge in [0.15, 0.2) is 15.6 Å². The van der Waals surface area contributed by atoms with Crippen molar-refractivity contribution in [1.82, 2.24) is 18.8 Å². The molecule has 0 spiro atoms. The Labute approximate surface area is 209 Å². The molecule has 7 nitrogen and oxygen atoms in total. The van der Waals surface area contributed by atoms with E-state index in [1.54, 1.807) is 35.8 Å². The lowest BCUT2D eigenvalue weighted by Crippen LogP contribution is -2.04. The van der Waals surface area contributed by atoms with E-state index < -0.39 is 0 Å². The predicted octanol–water partition coefficient (Wildman–Crippen LogP) is 5.79. The molecule has 1 N–H and O–H groups in total. The molecule has 0 saturated heterocycles. The molecule has 0 unspecified atom stereocenters. The fourth-order valence-corrected chi connectivity index (χ4v) is 5.45. The van der Waals surface area contributed by atoms with Crippen LogP contribution in [-0.2, 0) is 11.3 Å². The first-order chi connectivity index (χ1) is 17.1. The summed E-state index contributed by atoms with van der Waals surface area (Å²) in [4.78, 5) is 24.2. The second-order valence-electron chi connectivity index (χ2n) is 7.54. The maximum absolute atomic E-state index is 11.6. The first kappa shape index (κ1) is 23.0. The number of aliphatic hydroxyl groups is 1. The number of rotatable bonds is 5. The van der Waals surface area contributed by atoms with Crippen molar-refractivity contribution < 1.29 is 14.6 Å². The molecule has 6 rings (SSSR count). The van der Waals surface area contributed by atoms with Crippen molar-refractivity contribution in [3.8, 4) is 20.9 Å². The summed E-state index contributed by atoms with van der Waals surface area (Å²) in [6.07, 6.45) is 7.58. The zero-order valence-corrected chi connectivity index (χ0v) is 20.5. The number of nitrogens with zero attached hydrogens (tertiary/aromatic N) is 4. The van der Waals surface area contributed by atoms with Crippen LogP contribution < -0.4 is 0 Å². The van der Waals surface area contributed by atoms with E-state index in [9.17, 15) is 4.79 Å². The molecule has 0 aliphatic carbocycles. The van der Waals surface area contributed by atoms with Crippen LogP contribution in [-0.4, -0.2) is 36.5 Å². The van der Waals surface area contributed by atoms with Gasteiger partial charge in [-0.05, 0) is 18.1 Å². The van der Waals surface area contributed by atoms with E-state index in [0.29, 0.717) is 18.0 Å². The van der Waals surface area contributed by atoms with E-state index in [1.807, 2.05) is 63.8 Å². The van der Waals surface area contributed by atoms with Crippen molar-refractivity contribution in [2.75, 3.05) is 6.61 Å². The zero-order valence-electron chi connectivity index (χ0n) is 18.9. The van der Waals surface area contributed by atoms with Gasteiger partial charge in [-0.3, -0.25) is 8.80 Å². The van der Waals surface area contributed by atoms with E-state index in [-0.39, 0.29) is 12.6 Å². The maximum atomic E-state index is 11.6. The summed E-state index contributed by atoms with van der Waals surface area (Å²) in [5.74, 6) is -0.375. The van der Waals surface area contributed by atoms with E-state index in [4.69, 9.17) is 9.84 Å². The fourth-order valence-electron chi connectivity index (χ4n) is 3.49. The third kappa shape index (κ3) is 5.02. The summed E-state index contributed by atoms with van der Waals surface area (Å²) < 4.78 is 8.75. The molecule has 176 valence electrons. The zero-order chi connectivity index (χ0) is 24.2. The van der Waals surface area contributed by atoms with Crippen LogP contribution in [0.3, 0.4) is 0 Å². The molecule has 9 heteroatoms. The average Bonchev–Trinajstić information content (AvgIpc) is 3.65. The van der Waals surface area contributed by atoms with Crippen LogP contribution in [0.25, 0.3) is 30.8 Å².